The van der Waals surface area contributed by atoms with Crippen LogP contribution in [-0.4, -0.2) is 34.1 Å². The number of nitrogens with one attached hydrogen (secondary N) is 2. The minimum atomic E-state index is -0.575. The summed E-state index contributed by atoms with van der Waals surface area (Å²) in [4.78, 5) is 20.4. The Hall–Kier alpha value is -2.81. The molecule has 0 unspecified atom stereocenters. The third kappa shape index (κ3) is 6.35. The number of aryl methyl sites for hydroxylation is 1. The van der Waals surface area contributed by atoms with Crippen molar-refractivity contribution < 1.29 is 9.90 Å². The van der Waals surface area contributed by atoms with E-state index < -0.39 is 6.10 Å². The Kier molecular flexibility index (Phi) is 7.29. The molecule has 0 aliphatic heterocycles. The fourth-order valence-electron chi connectivity index (χ4n) is 2.96. The summed E-state index contributed by atoms with van der Waals surface area (Å²) in [6.07, 6.45) is 2.18. The highest BCUT2D eigenvalue weighted by molar-refractivity contribution is 7.13. The van der Waals surface area contributed by atoms with E-state index in [4.69, 9.17) is 5.73 Å². The topological polar surface area (TPSA) is 113 Å². The van der Waals surface area contributed by atoms with E-state index in [1.807, 2.05) is 43.3 Å². The SMILES string of the molecule is Cc1ncccc1[C@@H](O)CNCCc1ccc(NC(=O)Cc2csc(N)n2)cc1. The van der Waals surface area contributed by atoms with E-state index in [9.17, 15) is 9.90 Å². The smallest absolute Gasteiger partial charge is 0.230 e. The predicted octanol–water partition coefficient (Wildman–Crippen LogP) is 2.48. The first kappa shape index (κ1) is 20.9. The standard InChI is InChI=1S/C21H25N5O2S/c1-14-18(3-2-9-24-14)19(27)12-23-10-8-15-4-6-16(7-5-15)25-20(28)11-17-13-29-21(22)26-17/h2-7,9,13,19,23,27H,8,10-12H2,1H3,(H2,22,26)(H,25,28)/t19-/m0/s1. The molecule has 0 saturated heterocycles. The summed E-state index contributed by atoms with van der Waals surface area (Å²) in [5.41, 5.74) is 9.85. The zero-order valence-corrected chi connectivity index (χ0v) is 17.1. The van der Waals surface area contributed by atoms with E-state index in [2.05, 4.69) is 20.6 Å². The summed E-state index contributed by atoms with van der Waals surface area (Å²) < 4.78 is 0. The Morgan fingerprint density at radius 2 is 2.07 bits per heavy atom. The largest absolute Gasteiger partial charge is 0.387 e. The maximum absolute atomic E-state index is 12.1. The lowest BCUT2D eigenvalue weighted by atomic mass is 10.1. The van der Waals surface area contributed by atoms with Crippen molar-refractivity contribution in [3.63, 3.8) is 0 Å². The van der Waals surface area contributed by atoms with Crippen molar-refractivity contribution in [1.29, 1.82) is 0 Å². The summed E-state index contributed by atoms with van der Waals surface area (Å²) in [5.74, 6) is -0.121. The molecule has 0 aliphatic carbocycles. The Balaban J connectivity index is 1.40. The Bertz CT molecular complexity index is 942. The van der Waals surface area contributed by atoms with Crippen molar-refractivity contribution in [1.82, 2.24) is 15.3 Å². The van der Waals surface area contributed by atoms with Crippen molar-refractivity contribution in [2.75, 3.05) is 24.1 Å². The van der Waals surface area contributed by atoms with Gasteiger partial charge in [-0.25, -0.2) is 4.98 Å². The predicted molar refractivity (Wildman–Crippen MR) is 116 cm³/mol. The minimum Gasteiger partial charge on any atom is -0.387 e. The number of aromatic nitrogens is 2. The van der Waals surface area contributed by atoms with Crippen molar-refractivity contribution in [2.45, 2.75) is 25.9 Å². The molecule has 0 radical (unpaired) electrons. The van der Waals surface area contributed by atoms with Gasteiger partial charge in [-0.05, 0) is 43.7 Å². The van der Waals surface area contributed by atoms with Crippen LogP contribution in [0.5, 0.6) is 0 Å². The van der Waals surface area contributed by atoms with Gasteiger partial charge >= 0.3 is 0 Å². The van der Waals surface area contributed by atoms with Gasteiger partial charge in [0.15, 0.2) is 5.13 Å². The molecule has 1 atom stereocenters. The molecule has 152 valence electrons. The number of pyridine rings is 1. The van der Waals surface area contributed by atoms with Gasteiger partial charge in [0.2, 0.25) is 5.91 Å². The lowest BCUT2D eigenvalue weighted by Crippen LogP contribution is -2.24. The van der Waals surface area contributed by atoms with Crippen molar-refractivity contribution >= 4 is 28.1 Å². The Labute approximate surface area is 174 Å². The molecular weight excluding hydrogens is 386 g/mol. The van der Waals surface area contributed by atoms with Crippen molar-refractivity contribution in [2.24, 2.45) is 0 Å². The third-order valence-corrected chi connectivity index (χ3v) is 5.21. The average molecular weight is 412 g/mol. The quantitative estimate of drug-likeness (QED) is 0.402. The number of hydrogen-bond acceptors (Lipinski definition) is 7. The van der Waals surface area contributed by atoms with Crippen LogP contribution in [0.3, 0.4) is 0 Å². The highest BCUT2D eigenvalue weighted by atomic mass is 32.1. The Morgan fingerprint density at radius 3 is 2.76 bits per heavy atom. The second kappa shape index (κ2) is 10.1. The number of nitrogens with two attached hydrogens (primary N) is 1. The van der Waals surface area contributed by atoms with Gasteiger partial charge < -0.3 is 21.5 Å². The molecule has 29 heavy (non-hydrogen) atoms. The number of nitrogens with zero attached hydrogens (tertiary/aromatic N) is 2. The normalized spacial score (nSPS) is 11.9. The highest BCUT2D eigenvalue weighted by Gasteiger charge is 2.10. The molecule has 5 N–H and O–H groups in total. The zero-order chi connectivity index (χ0) is 20.6. The van der Waals surface area contributed by atoms with Crippen LogP contribution in [0.1, 0.15) is 28.6 Å². The van der Waals surface area contributed by atoms with E-state index in [0.717, 1.165) is 35.5 Å². The van der Waals surface area contributed by atoms with Crippen LogP contribution in [0, 0.1) is 6.92 Å². The average Bonchev–Trinajstić information content (AvgIpc) is 3.11. The molecular formula is C21H25N5O2S. The molecule has 3 rings (SSSR count). The first-order valence-electron chi connectivity index (χ1n) is 9.40. The number of thiazole rings is 1. The lowest BCUT2D eigenvalue weighted by molar-refractivity contribution is -0.115. The van der Waals surface area contributed by atoms with Gasteiger partial charge in [-0.2, -0.15) is 0 Å². The van der Waals surface area contributed by atoms with Gasteiger partial charge in [0.25, 0.3) is 0 Å². The van der Waals surface area contributed by atoms with Gasteiger partial charge in [-0.3, -0.25) is 9.78 Å². The minimum absolute atomic E-state index is 0.121. The van der Waals surface area contributed by atoms with E-state index in [1.54, 1.807) is 11.6 Å². The van der Waals surface area contributed by atoms with Crippen LogP contribution < -0.4 is 16.4 Å². The van der Waals surface area contributed by atoms with Crippen molar-refractivity contribution in [3.8, 4) is 0 Å². The van der Waals surface area contributed by atoms with Crippen LogP contribution in [0.2, 0.25) is 0 Å². The van der Waals surface area contributed by atoms with Crippen LogP contribution >= 0.6 is 11.3 Å². The summed E-state index contributed by atoms with van der Waals surface area (Å²) in [7, 11) is 0. The number of carbonyl (C=O) groups is 1. The number of nitrogen functional groups attached to an aromatic ring is 1. The van der Waals surface area contributed by atoms with Gasteiger partial charge in [0.1, 0.15) is 0 Å². The molecule has 7 nitrogen and oxygen atoms in total. The number of anilines is 2. The van der Waals surface area contributed by atoms with Crippen molar-refractivity contribution in [3.05, 3.63) is 70.5 Å². The molecule has 3 aromatic rings. The number of aliphatic hydroxyl groups is 1. The highest BCUT2D eigenvalue weighted by Crippen LogP contribution is 2.15. The summed E-state index contributed by atoms with van der Waals surface area (Å²) >= 11 is 1.33. The molecule has 2 heterocycles. The molecule has 0 bridgehead atoms. The zero-order valence-electron chi connectivity index (χ0n) is 16.3. The third-order valence-electron chi connectivity index (χ3n) is 4.48. The number of amides is 1. The molecule has 0 aliphatic rings. The van der Waals surface area contributed by atoms with Crippen LogP contribution in [0.25, 0.3) is 0 Å². The fraction of sp³-hybridized carbons (Fsp3) is 0.286. The van der Waals surface area contributed by atoms with Crippen LogP contribution in [0.15, 0.2) is 48.0 Å². The monoisotopic (exact) mass is 411 g/mol. The van der Waals surface area contributed by atoms with Crippen LogP contribution in [-0.2, 0) is 17.6 Å². The molecule has 0 spiro atoms. The summed E-state index contributed by atoms with van der Waals surface area (Å²) in [5, 5.41) is 18.7. The maximum atomic E-state index is 12.1. The number of carbonyl (C=O) groups excluding carboxylic acids is 1. The molecule has 8 heteroatoms. The first-order chi connectivity index (χ1) is 14.0. The Morgan fingerprint density at radius 1 is 1.28 bits per heavy atom. The molecule has 1 amide bonds. The second-order valence-corrected chi connectivity index (χ2v) is 7.64. The van der Waals surface area contributed by atoms with E-state index in [-0.39, 0.29) is 12.3 Å². The van der Waals surface area contributed by atoms with Gasteiger partial charge in [0, 0.05) is 35.1 Å². The number of benzene rings is 1. The van der Waals surface area contributed by atoms with E-state index in [1.165, 1.54) is 11.3 Å². The number of hydrogen-bond donors (Lipinski definition) is 4. The van der Waals surface area contributed by atoms with Gasteiger partial charge in [-0.15, -0.1) is 11.3 Å². The summed E-state index contributed by atoms with van der Waals surface area (Å²) in [6.45, 7) is 3.11. The van der Waals surface area contributed by atoms with E-state index in [0.29, 0.717) is 17.4 Å². The molecule has 0 fully saturated rings. The van der Waals surface area contributed by atoms with Gasteiger partial charge in [0.05, 0.1) is 18.2 Å². The molecule has 2 aromatic heterocycles. The molecule has 0 saturated carbocycles. The number of aliphatic hydroxyl groups excluding tert-OH is 1. The van der Waals surface area contributed by atoms with Gasteiger partial charge in [-0.1, -0.05) is 18.2 Å². The first-order valence-corrected chi connectivity index (χ1v) is 10.3. The second-order valence-electron chi connectivity index (χ2n) is 6.75. The maximum Gasteiger partial charge on any atom is 0.230 e. The summed E-state index contributed by atoms with van der Waals surface area (Å²) in [6, 6.07) is 11.5. The van der Waals surface area contributed by atoms with Crippen LogP contribution in [0.4, 0.5) is 10.8 Å². The molecule has 1 aromatic carbocycles. The van der Waals surface area contributed by atoms with E-state index >= 15 is 0 Å². The lowest BCUT2D eigenvalue weighted by Gasteiger charge is -2.14. The number of rotatable bonds is 9. The fourth-order valence-corrected chi connectivity index (χ4v) is 3.52.